The number of carboxylic acids is 3. The van der Waals surface area contributed by atoms with Crippen LogP contribution in [0.1, 0.15) is 55.8 Å². The number of carbonyl (C=O) groups excluding carboxylic acids is 3. The first-order valence-corrected chi connectivity index (χ1v) is 16.4. The third-order valence-corrected chi connectivity index (χ3v) is 5.44. The number of aliphatic hydroxyl groups is 1. The van der Waals surface area contributed by atoms with Gasteiger partial charge in [0.15, 0.2) is 0 Å². The molecule has 295 valence electrons. The molecule has 2 aromatic heterocycles. The van der Waals surface area contributed by atoms with Crippen LogP contribution in [0.2, 0.25) is 0 Å². The topological polar surface area (TPSA) is 196 Å². The Morgan fingerprint density at radius 3 is 1.46 bits per heavy atom. The monoisotopic (exact) mass is 856 g/mol. The molecule has 0 fully saturated rings. The molecule has 1 radical (unpaired) electrons. The van der Waals surface area contributed by atoms with Gasteiger partial charge in [0.05, 0.1) is 17.4 Å². The van der Waals surface area contributed by atoms with Crippen molar-refractivity contribution >= 4 is 25.7 Å². The number of halogens is 6. The number of nitrogens with zero attached hydrogens (tertiary/aromatic N) is 4. The molecule has 0 aliphatic carbocycles. The minimum absolute atomic E-state index is 0. The van der Waals surface area contributed by atoms with E-state index in [9.17, 15) is 40.2 Å². The van der Waals surface area contributed by atoms with Crippen LogP contribution in [-0.2, 0) is 74.4 Å². The van der Waals surface area contributed by atoms with Crippen molar-refractivity contribution in [2.24, 2.45) is 0 Å². The second-order valence-electron chi connectivity index (χ2n) is 10.5. The van der Waals surface area contributed by atoms with E-state index in [0.29, 0.717) is 30.8 Å². The molecule has 0 bridgehead atoms. The van der Waals surface area contributed by atoms with Crippen molar-refractivity contribution in [3.8, 4) is 5.75 Å². The van der Waals surface area contributed by atoms with Crippen LogP contribution >= 0.6 is 7.81 Å². The number of aromatic nitrogens is 2. The van der Waals surface area contributed by atoms with E-state index in [1.165, 1.54) is 0 Å². The van der Waals surface area contributed by atoms with Gasteiger partial charge in [0.2, 0.25) is 0 Å². The first kappa shape index (κ1) is 55.4. The van der Waals surface area contributed by atoms with E-state index in [1.807, 2.05) is 49.4 Å². The fraction of sp³-hybridized carbons (Fsp3) is 0.387. The Morgan fingerprint density at radius 2 is 1.13 bits per heavy atom. The molecule has 0 spiro atoms. The van der Waals surface area contributed by atoms with Crippen molar-refractivity contribution in [2.45, 2.75) is 66.8 Å². The van der Waals surface area contributed by atoms with Gasteiger partial charge in [-0.2, -0.15) is 0 Å². The second-order valence-corrected chi connectivity index (χ2v) is 12.4. The van der Waals surface area contributed by atoms with E-state index in [4.69, 9.17) is 24.9 Å². The van der Waals surface area contributed by atoms with Gasteiger partial charge in [-0.3, -0.25) is 19.8 Å². The molecule has 52 heavy (non-hydrogen) atoms. The molecule has 2 heterocycles. The first-order chi connectivity index (χ1) is 22.7. The minimum atomic E-state index is -10.7. The Morgan fingerprint density at radius 1 is 0.769 bits per heavy atom. The van der Waals surface area contributed by atoms with E-state index in [1.54, 1.807) is 23.4 Å². The molecule has 3 aromatic rings. The maximum atomic E-state index is 13.4. The molecule has 1 aromatic carbocycles. The van der Waals surface area contributed by atoms with Crippen molar-refractivity contribution in [1.29, 1.82) is 0 Å². The fourth-order valence-electron chi connectivity index (χ4n) is 3.82. The summed E-state index contributed by atoms with van der Waals surface area (Å²) >= 11 is 0. The minimum Gasteiger partial charge on any atom is 3.00 e. The molecule has 0 unspecified atom stereocenters. The van der Waals surface area contributed by atoms with Crippen molar-refractivity contribution in [2.75, 3.05) is 13.7 Å². The standard InChI is InChI=1S/C26H32N4O3.2C2H4O2.CH4O.Co.F6P.Fe/c1-19(2)30(17-24-9-5-7-11-28-24)15-22-13-20(3)12-21(26(22)33)14-29(18-25(31)32)16-23-8-4-6-10-27-23;2*1-2(3)4;1-2;;1-7(2,3,4,5)6;/h4-13,19,33H,14-18H2,1-3H3,(H,31,32);2*1H3,(H,3,4);2H,1H3;;;/q;;;;+3;-1;+3/p-4. The van der Waals surface area contributed by atoms with Gasteiger partial charge in [0.1, 0.15) is 0 Å². The van der Waals surface area contributed by atoms with E-state index in [2.05, 4.69) is 28.7 Å². The van der Waals surface area contributed by atoms with Gasteiger partial charge in [-0.25, -0.2) is 0 Å². The molecule has 0 saturated carbocycles. The number of carbonyl (C=O) groups is 3. The van der Waals surface area contributed by atoms with Gasteiger partial charge in [-0.15, -0.1) is 0 Å². The average Bonchev–Trinajstić information content (AvgIpc) is 2.94. The predicted octanol–water partition coefficient (Wildman–Crippen LogP) is 2.52. The maximum Gasteiger partial charge on any atom is 3.00 e. The Bertz CT molecular complexity index is 1450. The Labute approximate surface area is 318 Å². The summed E-state index contributed by atoms with van der Waals surface area (Å²) in [5.74, 6) is -3.41. The molecule has 1 N–H and O–H groups in total. The number of aliphatic hydroxyl groups excluding tert-OH is 1. The van der Waals surface area contributed by atoms with Crippen LogP contribution in [0, 0.1) is 6.92 Å². The summed E-state index contributed by atoms with van der Waals surface area (Å²) in [6.07, 6.45) is 3.43. The second kappa shape index (κ2) is 24.8. The Hall–Kier alpha value is -3.35. The van der Waals surface area contributed by atoms with E-state index < -0.39 is 25.7 Å². The third kappa shape index (κ3) is 35.1. The zero-order valence-corrected chi connectivity index (χ0v) is 31.9. The molecule has 0 aliphatic heterocycles. The fourth-order valence-corrected chi connectivity index (χ4v) is 3.82. The SMILES string of the molecule is CC(=O)[O-].CC(=O)[O-].CO.Cc1cc(CN(CC(=O)[O-])Cc2ccccn2)c([O-])c(CN(Cc2ccccn2)C(C)C)c1.F[P-](F)(F)(F)(F)F.[Co+3].[Fe+3]. The number of aliphatic carboxylic acids is 3. The van der Waals surface area contributed by atoms with Crippen LogP contribution in [-0.4, -0.2) is 62.5 Å². The average molecular weight is 856 g/mol. The maximum absolute atomic E-state index is 13.4. The Kier molecular flexibility index (Phi) is 26.4. The van der Waals surface area contributed by atoms with Crippen LogP contribution < -0.4 is 20.4 Å². The predicted molar refractivity (Wildman–Crippen MR) is 166 cm³/mol. The smallest absolute Gasteiger partial charge is 3.00 e. The number of carboxylic acid groups (broad SMARTS) is 3. The summed E-state index contributed by atoms with van der Waals surface area (Å²) in [5, 5.41) is 49.5. The van der Waals surface area contributed by atoms with Gasteiger partial charge < -0.3 is 39.9 Å². The summed E-state index contributed by atoms with van der Waals surface area (Å²) in [4.78, 5) is 41.7. The zero-order valence-electron chi connectivity index (χ0n) is 28.9. The van der Waals surface area contributed by atoms with Crippen LogP contribution in [0.15, 0.2) is 60.9 Å². The summed E-state index contributed by atoms with van der Waals surface area (Å²) in [6.45, 7) is 9.45. The zero-order chi connectivity index (χ0) is 39.4. The molecule has 12 nitrogen and oxygen atoms in total. The van der Waals surface area contributed by atoms with Crippen molar-refractivity contribution in [3.05, 3.63) is 89.0 Å². The van der Waals surface area contributed by atoms with Crippen molar-refractivity contribution < 1.29 is 98.9 Å². The van der Waals surface area contributed by atoms with Gasteiger partial charge in [0, 0.05) is 70.2 Å². The quantitative estimate of drug-likeness (QED) is 0.169. The molecular weight excluding hydrogens is 816 g/mol. The number of benzene rings is 1. The third-order valence-electron chi connectivity index (χ3n) is 5.44. The summed E-state index contributed by atoms with van der Waals surface area (Å²) in [7, 11) is -9.66. The van der Waals surface area contributed by atoms with Gasteiger partial charge in [-0.05, 0) is 70.0 Å². The molecule has 21 heteroatoms. The van der Waals surface area contributed by atoms with Crippen molar-refractivity contribution in [3.63, 3.8) is 0 Å². The van der Waals surface area contributed by atoms with Crippen molar-refractivity contribution in [1.82, 2.24) is 19.8 Å². The molecule has 0 aliphatic rings. The van der Waals surface area contributed by atoms with Gasteiger partial charge in [-0.1, -0.05) is 35.6 Å². The van der Waals surface area contributed by atoms with Crippen LogP contribution in [0.5, 0.6) is 5.75 Å². The first-order valence-electron chi connectivity index (χ1n) is 14.3. The Balaban J connectivity index is -0.000000509. The van der Waals surface area contributed by atoms with E-state index in [0.717, 1.165) is 37.9 Å². The van der Waals surface area contributed by atoms with E-state index in [-0.39, 0.29) is 58.7 Å². The summed E-state index contributed by atoms with van der Waals surface area (Å²) < 4.78 is 59.2. The largest absolute Gasteiger partial charge is 3.00 e. The molecular formula is C31H40CoF6FeN4O8P+. The summed E-state index contributed by atoms with van der Waals surface area (Å²) in [5.41, 5.74) is 3.92. The van der Waals surface area contributed by atoms with Gasteiger partial charge in [0.25, 0.3) is 0 Å². The molecule has 0 amide bonds. The number of hydrogen-bond donors (Lipinski definition) is 1. The molecule has 3 rings (SSSR count). The molecule has 0 atom stereocenters. The van der Waals surface area contributed by atoms with Crippen LogP contribution in [0.25, 0.3) is 0 Å². The van der Waals surface area contributed by atoms with E-state index >= 15 is 0 Å². The number of aryl methyl sites for hydroxylation is 1. The number of rotatable bonds is 11. The van der Waals surface area contributed by atoms with Gasteiger partial charge >= 0.3 is 66.8 Å². The normalized spacial score (nSPS) is 11.5. The number of pyridine rings is 2. The number of hydrogen-bond acceptors (Lipinski definition) is 12. The van der Waals surface area contributed by atoms with Crippen LogP contribution in [0.4, 0.5) is 25.2 Å². The summed E-state index contributed by atoms with van der Waals surface area (Å²) in [6, 6.07) is 15.3. The molecule has 0 saturated heterocycles. The van der Waals surface area contributed by atoms with Crippen LogP contribution in [0.3, 0.4) is 0 Å².